The van der Waals surface area contributed by atoms with Crippen LogP contribution < -0.4 is 9.47 Å². The van der Waals surface area contributed by atoms with E-state index in [1.807, 2.05) is 31.2 Å². The van der Waals surface area contributed by atoms with Crippen molar-refractivity contribution in [1.82, 2.24) is 19.6 Å². The summed E-state index contributed by atoms with van der Waals surface area (Å²) in [5.74, 6) is 1.91. The normalized spacial score (nSPS) is 11.1. The molecule has 0 bridgehead atoms. The molecule has 2 aromatic heterocycles. The lowest BCUT2D eigenvalue weighted by Crippen LogP contribution is -2.07. The highest BCUT2D eigenvalue weighted by atomic mass is 32.2. The smallest absolute Gasteiger partial charge is 0.192 e. The van der Waals surface area contributed by atoms with E-state index in [2.05, 4.69) is 15.1 Å². The van der Waals surface area contributed by atoms with Crippen LogP contribution in [0, 0.1) is 6.92 Å². The van der Waals surface area contributed by atoms with Crippen molar-refractivity contribution in [2.45, 2.75) is 12.1 Å². The van der Waals surface area contributed by atoms with Crippen LogP contribution in [0.4, 0.5) is 0 Å². The van der Waals surface area contributed by atoms with Gasteiger partial charge in [0.2, 0.25) is 0 Å². The van der Waals surface area contributed by atoms with Crippen molar-refractivity contribution in [1.29, 1.82) is 0 Å². The highest BCUT2D eigenvalue weighted by Crippen LogP contribution is 2.28. The van der Waals surface area contributed by atoms with E-state index in [0.717, 1.165) is 16.6 Å². The number of para-hydroxylation sites is 1. The van der Waals surface area contributed by atoms with Gasteiger partial charge in [-0.15, -0.1) is 5.10 Å². The average Bonchev–Trinajstić information content (AvgIpc) is 3.13. The first-order chi connectivity index (χ1) is 13.6. The Morgan fingerprint density at radius 2 is 1.93 bits per heavy atom. The number of benzene rings is 2. The number of aryl methyl sites for hydroxylation is 1. The van der Waals surface area contributed by atoms with E-state index in [0.29, 0.717) is 28.0 Å². The third kappa shape index (κ3) is 3.27. The summed E-state index contributed by atoms with van der Waals surface area (Å²) in [6.07, 6.45) is 0. The van der Waals surface area contributed by atoms with Gasteiger partial charge in [-0.25, -0.2) is 9.97 Å². The molecule has 0 aliphatic heterocycles. The van der Waals surface area contributed by atoms with E-state index in [4.69, 9.17) is 9.47 Å². The fraction of sp³-hybridized carbons (Fsp3) is 0.200. The van der Waals surface area contributed by atoms with Crippen LogP contribution in [-0.2, 0) is 0 Å². The molecule has 0 aliphatic rings. The van der Waals surface area contributed by atoms with Crippen LogP contribution in [0.25, 0.3) is 16.6 Å². The molecule has 4 rings (SSSR count). The van der Waals surface area contributed by atoms with Gasteiger partial charge >= 0.3 is 0 Å². The van der Waals surface area contributed by atoms with E-state index < -0.39 is 0 Å². The Labute approximate surface area is 165 Å². The van der Waals surface area contributed by atoms with Gasteiger partial charge < -0.3 is 9.47 Å². The number of Topliss-reactive ketones (excluding diaryl/α,β-unsaturated/α-hetero) is 1. The third-order valence-electron chi connectivity index (χ3n) is 4.30. The first kappa shape index (κ1) is 18.2. The molecule has 0 spiro atoms. The van der Waals surface area contributed by atoms with Gasteiger partial charge in [-0.2, -0.15) is 4.52 Å². The predicted octanol–water partition coefficient (Wildman–Crippen LogP) is 3.58. The molecule has 0 aliphatic carbocycles. The van der Waals surface area contributed by atoms with Crippen molar-refractivity contribution in [2.24, 2.45) is 0 Å². The Bertz CT molecular complexity index is 1190. The second-order valence-electron chi connectivity index (χ2n) is 6.08. The van der Waals surface area contributed by atoms with E-state index in [1.54, 1.807) is 29.8 Å². The lowest BCUT2D eigenvalue weighted by atomic mass is 10.1. The zero-order chi connectivity index (χ0) is 19.7. The van der Waals surface area contributed by atoms with Crippen LogP contribution in [0.5, 0.6) is 11.5 Å². The lowest BCUT2D eigenvalue weighted by Gasteiger charge is -2.10. The molecule has 0 fully saturated rings. The summed E-state index contributed by atoms with van der Waals surface area (Å²) < 4.78 is 12.2. The van der Waals surface area contributed by atoms with E-state index >= 15 is 0 Å². The van der Waals surface area contributed by atoms with Gasteiger partial charge in [-0.3, -0.25) is 4.79 Å². The van der Waals surface area contributed by atoms with Crippen molar-refractivity contribution in [3.63, 3.8) is 0 Å². The molecule has 8 heteroatoms. The van der Waals surface area contributed by atoms with Gasteiger partial charge in [0.25, 0.3) is 0 Å². The molecule has 0 N–H and O–H groups in total. The molecule has 0 atom stereocenters. The SMILES string of the molecule is COc1ccc(C(=O)CSc2nc3ccccc3c3nc(C)nn23)c(OC)c1. The molecule has 0 unspecified atom stereocenters. The number of rotatable bonds is 6. The minimum Gasteiger partial charge on any atom is -0.497 e. The molecular formula is C20H18N4O3S. The number of aromatic nitrogens is 4. The number of methoxy groups -OCH3 is 2. The second kappa shape index (κ2) is 7.47. The number of ketones is 1. The Balaban J connectivity index is 1.66. The van der Waals surface area contributed by atoms with Crippen molar-refractivity contribution in [3.8, 4) is 11.5 Å². The Morgan fingerprint density at radius 3 is 2.71 bits per heavy atom. The van der Waals surface area contributed by atoms with E-state index in [-0.39, 0.29) is 11.5 Å². The molecule has 0 saturated heterocycles. The summed E-state index contributed by atoms with van der Waals surface area (Å²) in [6.45, 7) is 1.84. The van der Waals surface area contributed by atoms with Gasteiger partial charge in [0.1, 0.15) is 17.3 Å². The van der Waals surface area contributed by atoms with Gasteiger partial charge in [0.15, 0.2) is 16.6 Å². The number of ether oxygens (including phenoxy) is 2. The lowest BCUT2D eigenvalue weighted by molar-refractivity contribution is 0.101. The summed E-state index contributed by atoms with van der Waals surface area (Å²) >= 11 is 1.32. The van der Waals surface area contributed by atoms with Crippen LogP contribution >= 0.6 is 11.8 Å². The van der Waals surface area contributed by atoms with Gasteiger partial charge in [-0.05, 0) is 31.2 Å². The van der Waals surface area contributed by atoms with Crippen LogP contribution in [0.15, 0.2) is 47.6 Å². The van der Waals surface area contributed by atoms with Gasteiger partial charge in [0, 0.05) is 11.5 Å². The topological polar surface area (TPSA) is 78.6 Å². The molecule has 142 valence electrons. The van der Waals surface area contributed by atoms with Crippen LogP contribution in [0.2, 0.25) is 0 Å². The van der Waals surface area contributed by atoms with Crippen LogP contribution in [0.1, 0.15) is 16.2 Å². The van der Waals surface area contributed by atoms with E-state index in [9.17, 15) is 4.79 Å². The molecule has 4 aromatic rings. The standard InChI is InChI=1S/C20H18N4O3S/c1-12-21-19-14-6-4-5-7-16(14)22-20(24(19)23-12)28-11-17(25)15-9-8-13(26-2)10-18(15)27-3/h4-10H,11H2,1-3H3. The van der Waals surface area contributed by atoms with Gasteiger partial charge in [-0.1, -0.05) is 23.9 Å². The maximum Gasteiger partial charge on any atom is 0.192 e. The minimum atomic E-state index is -0.0653. The molecular weight excluding hydrogens is 376 g/mol. The van der Waals surface area contributed by atoms with Crippen molar-refractivity contribution in [3.05, 3.63) is 53.9 Å². The number of thioether (sulfide) groups is 1. The predicted molar refractivity (Wildman–Crippen MR) is 108 cm³/mol. The third-order valence-corrected chi connectivity index (χ3v) is 5.23. The fourth-order valence-corrected chi connectivity index (χ4v) is 3.79. The van der Waals surface area contributed by atoms with E-state index in [1.165, 1.54) is 18.9 Å². The monoisotopic (exact) mass is 394 g/mol. The number of carbonyl (C=O) groups is 1. The zero-order valence-electron chi connectivity index (χ0n) is 15.7. The molecule has 0 saturated carbocycles. The molecule has 2 heterocycles. The number of nitrogens with zero attached hydrogens (tertiary/aromatic N) is 4. The Morgan fingerprint density at radius 1 is 1.11 bits per heavy atom. The number of fused-ring (bicyclic) bond motifs is 3. The largest absolute Gasteiger partial charge is 0.497 e. The molecule has 0 radical (unpaired) electrons. The summed E-state index contributed by atoms with van der Waals surface area (Å²) in [4.78, 5) is 22.0. The highest BCUT2D eigenvalue weighted by molar-refractivity contribution is 7.99. The Kier molecular flexibility index (Phi) is 4.87. The Hall–Kier alpha value is -3.13. The quantitative estimate of drug-likeness (QED) is 0.281. The zero-order valence-corrected chi connectivity index (χ0v) is 16.5. The van der Waals surface area contributed by atoms with Crippen LogP contribution in [0.3, 0.4) is 0 Å². The molecule has 7 nitrogen and oxygen atoms in total. The minimum absolute atomic E-state index is 0.0653. The number of hydrogen-bond donors (Lipinski definition) is 0. The number of carbonyl (C=O) groups excluding carboxylic acids is 1. The molecule has 2 aromatic carbocycles. The fourth-order valence-electron chi connectivity index (χ4n) is 2.96. The summed E-state index contributed by atoms with van der Waals surface area (Å²) in [5.41, 5.74) is 2.06. The highest BCUT2D eigenvalue weighted by Gasteiger charge is 2.17. The maximum absolute atomic E-state index is 12.8. The summed E-state index contributed by atoms with van der Waals surface area (Å²) in [7, 11) is 3.11. The van der Waals surface area contributed by atoms with Crippen LogP contribution in [-0.4, -0.2) is 45.3 Å². The number of hydrogen-bond acceptors (Lipinski definition) is 7. The van der Waals surface area contributed by atoms with Crippen molar-refractivity contribution < 1.29 is 14.3 Å². The maximum atomic E-state index is 12.8. The molecule has 28 heavy (non-hydrogen) atoms. The van der Waals surface area contributed by atoms with Crippen molar-refractivity contribution >= 4 is 34.1 Å². The molecule has 0 amide bonds. The summed E-state index contributed by atoms with van der Waals surface area (Å²) in [6, 6.07) is 12.9. The summed E-state index contributed by atoms with van der Waals surface area (Å²) in [5, 5.41) is 5.99. The van der Waals surface area contributed by atoms with Crippen molar-refractivity contribution in [2.75, 3.05) is 20.0 Å². The first-order valence-electron chi connectivity index (χ1n) is 8.61. The average molecular weight is 394 g/mol. The van der Waals surface area contributed by atoms with Gasteiger partial charge in [0.05, 0.1) is 31.1 Å². The second-order valence-corrected chi connectivity index (χ2v) is 7.03. The first-order valence-corrected chi connectivity index (χ1v) is 9.59.